The molecule has 0 spiro atoms. The van der Waals surface area contributed by atoms with E-state index in [1.807, 2.05) is 6.07 Å². The minimum Gasteiger partial charge on any atom is -0.421 e. The Labute approximate surface area is 87.3 Å². The first-order valence-corrected chi connectivity index (χ1v) is 4.46. The molecule has 0 amide bonds. The van der Waals surface area contributed by atoms with E-state index in [-0.39, 0.29) is 0 Å². The molecule has 0 fully saturated rings. The minimum atomic E-state index is -0.403. The molecule has 0 aliphatic carbocycles. The number of carbonyl (C=O) groups is 1. The largest absolute Gasteiger partial charge is 0.421 e. The second kappa shape index (κ2) is 4.37. The van der Waals surface area contributed by atoms with Gasteiger partial charge in [-0.05, 0) is 24.3 Å². The van der Waals surface area contributed by atoms with E-state index in [0.29, 0.717) is 11.3 Å². The van der Waals surface area contributed by atoms with Gasteiger partial charge < -0.3 is 4.74 Å². The smallest absolute Gasteiger partial charge is 0.343 e. The summed E-state index contributed by atoms with van der Waals surface area (Å²) >= 11 is 0. The van der Waals surface area contributed by atoms with Crippen molar-refractivity contribution in [3.63, 3.8) is 0 Å². The summed E-state index contributed by atoms with van der Waals surface area (Å²) in [7, 11) is 0. The van der Waals surface area contributed by atoms with E-state index >= 15 is 0 Å². The van der Waals surface area contributed by atoms with E-state index < -0.39 is 5.97 Å². The Kier molecular flexibility index (Phi) is 2.74. The quantitative estimate of drug-likeness (QED) is 0.693. The molecule has 0 saturated carbocycles. The normalized spacial score (nSPS) is 9.60. The lowest BCUT2D eigenvalue weighted by Gasteiger charge is -2.01. The van der Waals surface area contributed by atoms with Crippen molar-refractivity contribution < 1.29 is 9.53 Å². The Bertz CT molecular complexity index is 440. The molecule has 0 atom stereocenters. The van der Waals surface area contributed by atoms with Crippen molar-refractivity contribution in [3.8, 4) is 5.75 Å². The van der Waals surface area contributed by atoms with Crippen LogP contribution in [-0.4, -0.2) is 11.0 Å². The second-order valence-electron chi connectivity index (χ2n) is 2.87. The molecule has 0 unspecified atom stereocenters. The van der Waals surface area contributed by atoms with Gasteiger partial charge in [0.2, 0.25) is 0 Å². The summed E-state index contributed by atoms with van der Waals surface area (Å²) in [4.78, 5) is 15.3. The summed E-state index contributed by atoms with van der Waals surface area (Å²) in [5.74, 6) is -0.0776. The highest BCUT2D eigenvalue weighted by Gasteiger charge is 2.06. The molecule has 0 N–H and O–H groups in total. The number of aromatic nitrogens is 1. The fourth-order valence-corrected chi connectivity index (χ4v) is 1.10. The molecule has 2 aromatic rings. The predicted molar refractivity (Wildman–Crippen MR) is 54.5 cm³/mol. The molecule has 1 aromatic carbocycles. The number of hydrogen-bond donors (Lipinski definition) is 0. The monoisotopic (exact) mass is 198 g/mol. The molecule has 1 aromatic heterocycles. The van der Waals surface area contributed by atoms with E-state index in [0.717, 1.165) is 0 Å². The zero-order chi connectivity index (χ0) is 10.5. The number of benzene rings is 1. The first-order chi connectivity index (χ1) is 7.36. The first kappa shape index (κ1) is 9.40. The molecular weight excluding hydrogens is 190 g/mol. The molecule has 3 heteroatoms. The summed E-state index contributed by atoms with van der Waals surface area (Å²) < 4.78 is 5.04. The van der Waals surface area contributed by atoms with Crippen molar-refractivity contribution in [2.45, 2.75) is 0 Å². The van der Waals surface area contributed by atoms with Gasteiger partial charge in [0.05, 0.1) is 5.56 Å². The summed E-state index contributed by atoms with van der Waals surface area (Å²) in [5.41, 5.74) is 0.509. The maximum Gasteiger partial charge on any atom is 0.343 e. The second-order valence-corrected chi connectivity index (χ2v) is 2.87. The third-order valence-corrected chi connectivity index (χ3v) is 1.80. The SMILES string of the molecule is O=C(Oc1[c]nccc1)c1ccccc1. The van der Waals surface area contributed by atoms with Crippen LogP contribution in [-0.2, 0) is 0 Å². The Morgan fingerprint density at radius 2 is 1.93 bits per heavy atom. The third-order valence-electron chi connectivity index (χ3n) is 1.80. The number of ether oxygens (including phenoxy) is 1. The molecule has 0 saturated heterocycles. The number of hydrogen-bond acceptors (Lipinski definition) is 3. The summed E-state index contributed by atoms with van der Waals surface area (Å²) in [6, 6.07) is 12.1. The Morgan fingerprint density at radius 3 is 2.60 bits per heavy atom. The zero-order valence-corrected chi connectivity index (χ0v) is 7.88. The maximum atomic E-state index is 11.5. The van der Waals surface area contributed by atoms with Gasteiger partial charge >= 0.3 is 5.97 Å². The molecule has 15 heavy (non-hydrogen) atoms. The highest BCUT2D eigenvalue weighted by atomic mass is 16.5. The molecule has 2 rings (SSSR count). The lowest BCUT2D eigenvalue weighted by atomic mass is 10.2. The van der Waals surface area contributed by atoms with Crippen LogP contribution < -0.4 is 4.74 Å². The van der Waals surface area contributed by atoms with Gasteiger partial charge in [0, 0.05) is 6.20 Å². The predicted octanol–water partition coefficient (Wildman–Crippen LogP) is 2.10. The fourth-order valence-electron chi connectivity index (χ4n) is 1.10. The van der Waals surface area contributed by atoms with Crippen LogP contribution in [0.15, 0.2) is 48.7 Å². The van der Waals surface area contributed by atoms with E-state index in [1.54, 1.807) is 42.6 Å². The van der Waals surface area contributed by atoms with E-state index in [1.165, 1.54) is 0 Å². The van der Waals surface area contributed by atoms with Crippen LogP contribution in [0.2, 0.25) is 0 Å². The number of pyridine rings is 1. The Balaban J connectivity index is 2.12. The highest BCUT2D eigenvalue weighted by Crippen LogP contribution is 2.09. The Hall–Kier alpha value is -2.16. The molecule has 1 heterocycles. The van der Waals surface area contributed by atoms with Crippen molar-refractivity contribution in [1.29, 1.82) is 0 Å². The fraction of sp³-hybridized carbons (Fsp3) is 0. The van der Waals surface area contributed by atoms with Gasteiger partial charge in [0.15, 0.2) is 5.75 Å². The van der Waals surface area contributed by atoms with Crippen LogP contribution in [0, 0.1) is 6.20 Å². The molecule has 0 bridgehead atoms. The van der Waals surface area contributed by atoms with E-state index in [9.17, 15) is 4.79 Å². The third kappa shape index (κ3) is 2.40. The average molecular weight is 198 g/mol. The van der Waals surface area contributed by atoms with Crippen molar-refractivity contribution in [3.05, 3.63) is 60.4 Å². The van der Waals surface area contributed by atoms with Gasteiger partial charge in [-0.2, -0.15) is 0 Å². The molecule has 1 radical (unpaired) electrons. The zero-order valence-electron chi connectivity index (χ0n) is 7.88. The van der Waals surface area contributed by atoms with Gasteiger partial charge in [-0.15, -0.1) is 0 Å². The van der Waals surface area contributed by atoms with Gasteiger partial charge in [-0.25, -0.2) is 4.79 Å². The van der Waals surface area contributed by atoms with Crippen LogP contribution in [0.25, 0.3) is 0 Å². The van der Waals surface area contributed by atoms with Crippen LogP contribution in [0.5, 0.6) is 5.75 Å². The van der Waals surface area contributed by atoms with Crippen LogP contribution in [0.4, 0.5) is 0 Å². The average Bonchev–Trinajstić information content (AvgIpc) is 2.31. The van der Waals surface area contributed by atoms with E-state index in [4.69, 9.17) is 4.74 Å². The van der Waals surface area contributed by atoms with Gasteiger partial charge in [0.1, 0.15) is 6.20 Å². The first-order valence-electron chi connectivity index (χ1n) is 4.46. The van der Waals surface area contributed by atoms with Crippen molar-refractivity contribution in [1.82, 2.24) is 4.98 Å². The molecule has 73 valence electrons. The van der Waals surface area contributed by atoms with Gasteiger partial charge in [-0.3, -0.25) is 4.98 Å². The summed E-state index contributed by atoms with van der Waals surface area (Å²) in [6.45, 7) is 0. The van der Waals surface area contributed by atoms with Gasteiger partial charge in [-0.1, -0.05) is 18.2 Å². The Morgan fingerprint density at radius 1 is 1.13 bits per heavy atom. The van der Waals surface area contributed by atoms with Crippen molar-refractivity contribution in [2.75, 3.05) is 0 Å². The molecule has 0 aliphatic rings. The summed E-state index contributed by atoms with van der Waals surface area (Å²) in [5, 5.41) is 0. The number of esters is 1. The van der Waals surface area contributed by atoms with Crippen LogP contribution >= 0.6 is 0 Å². The number of rotatable bonds is 2. The maximum absolute atomic E-state index is 11.5. The number of nitrogens with zero attached hydrogens (tertiary/aromatic N) is 1. The van der Waals surface area contributed by atoms with Crippen molar-refractivity contribution >= 4 is 5.97 Å². The standard InChI is InChI=1S/C12H8NO2/c14-12(10-5-2-1-3-6-10)15-11-7-4-8-13-9-11/h1-8H. The highest BCUT2D eigenvalue weighted by molar-refractivity contribution is 5.90. The lowest BCUT2D eigenvalue weighted by Crippen LogP contribution is -2.08. The summed E-state index contributed by atoms with van der Waals surface area (Å²) in [6.07, 6.45) is 4.15. The van der Waals surface area contributed by atoms with Gasteiger partial charge in [0.25, 0.3) is 0 Å². The molecule has 3 nitrogen and oxygen atoms in total. The van der Waals surface area contributed by atoms with E-state index in [2.05, 4.69) is 11.2 Å². The van der Waals surface area contributed by atoms with Crippen LogP contribution in [0.3, 0.4) is 0 Å². The number of carbonyl (C=O) groups excluding carboxylic acids is 1. The van der Waals surface area contributed by atoms with Crippen LogP contribution in [0.1, 0.15) is 10.4 Å². The topological polar surface area (TPSA) is 39.2 Å². The lowest BCUT2D eigenvalue weighted by molar-refractivity contribution is 0.0733. The van der Waals surface area contributed by atoms with Crippen molar-refractivity contribution in [2.24, 2.45) is 0 Å². The molecular formula is C12H8NO2. The minimum absolute atomic E-state index is 0.325. The molecule has 0 aliphatic heterocycles.